The zero-order valence-corrected chi connectivity index (χ0v) is 12.2. The van der Waals surface area contributed by atoms with Crippen LogP contribution in [0.1, 0.15) is 71.6 Å². The van der Waals surface area contributed by atoms with Crippen molar-refractivity contribution in [3.8, 4) is 0 Å². The van der Waals surface area contributed by atoms with Crippen molar-refractivity contribution in [2.24, 2.45) is 29.6 Å². The summed E-state index contributed by atoms with van der Waals surface area (Å²) in [6.45, 7) is 4.86. The van der Waals surface area contributed by atoms with Crippen LogP contribution in [0.15, 0.2) is 0 Å². The molecule has 18 heavy (non-hydrogen) atoms. The van der Waals surface area contributed by atoms with Gasteiger partial charge in [-0.15, -0.1) is 0 Å². The summed E-state index contributed by atoms with van der Waals surface area (Å²) in [6.07, 6.45) is 13.3. The molecule has 0 amide bonds. The lowest BCUT2D eigenvalue weighted by Gasteiger charge is -2.34. The van der Waals surface area contributed by atoms with Gasteiger partial charge in [0.1, 0.15) is 6.29 Å². The third kappa shape index (κ3) is 3.83. The topological polar surface area (TPSA) is 17.1 Å². The second-order valence-electron chi connectivity index (χ2n) is 7.16. The van der Waals surface area contributed by atoms with Crippen LogP contribution >= 0.6 is 0 Å². The highest BCUT2D eigenvalue weighted by Crippen LogP contribution is 2.38. The first kappa shape index (κ1) is 14.1. The predicted molar refractivity (Wildman–Crippen MR) is 76.4 cm³/mol. The van der Waals surface area contributed by atoms with Crippen LogP contribution in [0.3, 0.4) is 0 Å². The molecule has 0 bridgehead atoms. The average Bonchev–Trinajstić information content (AvgIpc) is 2.38. The summed E-state index contributed by atoms with van der Waals surface area (Å²) in [5.41, 5.74) is 0. The Morgan fingerprint density at radius 3 is 2.56 bits per heavy atom. The zero-order valence-electron chi connectivity index (χ0n) is 12.2. The summed E-state index contributed by atoms with van der Waals surface area (Å²) in [7, 11) is 0. The molecule has 0 heterocycles. The molecule has 0 saturated heterocycles. The molecule has 1 heteroatoms. The molecular weight excluding hydrogens is 220 g/mol. The molecule has 2 aliphatic carbocycles. The lowest BCUT2D eigenvalue weighted by molar-refractivity contribution is -0.112. The van der Waals surface area contributed by atoms with Crippen LogP contribution in [-0.4, -0.2) is 6.29 Å². The van der Waals surface area contributed by atoms with E-state index >= 15 is 0 Å². The quantitative estimate of drug-likeness (QED) is 0.652. The summed E-state index contributed by atoms with van der Waals surface area (Å²) in [5.74, 6) is 4.08. The normalized spacial score (nSPS) is 41.6. The summed E-state index contributed by atoms with van der Waals surface area (Å²) >= 11 is 0. The maximum Gasteiger partial charge on any atom is 0.123 e. The van der Waals surface area contributed by atoms with Gasteiger partial charge in [-0.2, -0.15) is 0 Å². The van der Waals surface area contributed by atoms with Gasteiger partial charge in [0, 0.05) is 5.92 Å². The third-order valence-corrected chi connectivity index (χ3v) is 5.57. The maximum absolute atomic E-state index is 10.9. The van der Waals surface area contributed by atoms with Gasteiger partial charge in [0.2, 0.25) is 0 Å². The molecule has 2 aliphatic rings. The van der Waals surface area contributed by atoms with Crippen molar-refractivity contribution in [3.63, 3.8) is 0 Å². The van der Waals surface area contributed by atoms with Crippen LogP contribution in [0.25, 0.3) is 0 Å². The fourth-order valence-corrected chi connectivity index (χ4v) is 4.33. The Morgan fingerprint density at radius 2 is 1.83 bits per heavy atom. The van der Waals surface area contributed by atoms with Crippen molar-refractivity contribution >= 4 is 6.29 Å². The molecule has 5 atom stereocenters. The fourth-order valence-electron chi connectivity index (χ4n) is 4.33. The van der Waals surface area contributed by atoms with Crippen molar-refractivity contribution in [2.45, 2.75) is 71.6 Å². The molecule has 2 fully saturated rings. The Bertz CT molecular complexity index is 260. The largest absolute Gasteiger partial charge is 0.303 e. The standard InChI is InChI=1S/C17H30O/c1-13-6-8-17(14(2)10-13)9-7-15-4-3-5-16(11-15)12-18/h12-17H,3-11H2,1-2H3. The predicted octanol–water partition coefficient (Wildman–Crippen LogP) is 4.84. The van der Waals surface area contributed by atoms with Gasteiger partial charge in [0.25, 0.3) is 0 Å². The second kappa shape index (κ2) is 6.73. The molecule has 2 saturated carbocycles. The minimum absolute atomic E-state index is 0.382. The monoisotopic (exact) mass is 250 g/mol. The molecule has 104 valence electrons. The fraction of sp³-hybridized carbons (Fsp3) is 0.941. The Morgan fingerprint density at radius 1 is 1.00 bits per heavy atom. The van der Waals surface area contributed by atoms with E-state index in [1.165, 1.54) is 57.7 Å². The number of carbonyl (C=O) groups excluding carboxylic acids is 1. The van der Waals surface area contributed by atoms with E-state index in [0.717, 1.165) is 30.1 Å². The van der Waals surface area contributed by atoms with Gasteiger partial charge < -0.3 is 4.79 Å². The van der Waals surface area contributed by atoms with E-state index in [2.05, 4.69) is 13.8 Å². The summed E-state index contributed by atoms with van der Waals surface area (Å²) in [5, 5.41) is 0. The lowest BCUT2D eigenvalue weighted by atomic mass is 9.71. The van der Waals surface area contributed by atoms with E-state index < -0.39 is 0 Å². The molecule has 0 aliphatic heterocycles. The number of rotatable bonds is 4. The minimum Gasteiger partial charge on any atom is -0.303 e. The van der Waals surface area contributed by atoms with E-state index in [1.54, 1.807) is 0 Å². The van der Waals surface area contributed by atoms with Crippen molar-refractivity contribution < 1.29 is 4.79 Å². The Kier molecular flexibility index (Phi) is 5.26. The van der Waals surface area contributed by atoms with Crippen LogP contribution in [-0.2, 0) is 4.79 Å². The first-order chi connectivity index (χ1) is 8.69. The van der Waals surface area contributed by atoms with Crippen molar-refractivity contribution in [3.05, 3.63) is 0 Å². The van der Waals surface area contributed by atoms with E-state index in [0.29, 0.717) is 5.92 Å². The molecule has 0 radical (unpaired) electrons. The van der Waals surface area contributed by atoms with Gasteiger partial charge in [0.15, 0.2) is 0 Å². The number of aldehydes is 1. The SMILES string of the molecule is CC1CCC(CCC2CCCC(C=O)C2)C(C)C1. The summed E-state index contributed by atoms with van der Waals surface area (Å²) < 4.78 is 0. The van der Waals surface area contributed by atoms with E-state index in [9.17, 15) is 4.79 Å². The van der Waals surface area contributed by atoms with Crippen LogP contribution in [0.4, 0.5) is 0 Å². The molecule has 0 spiro atoms. The maximum atomic E-state index is 10.9. The van der Waals surface area contributed by atoms with Crippen molar-refractivity contribution in [2.75, 3.05) is 0 Å². The molecule has 0 aromatic carbocycles. The van der Waals surface area contributed by atoms with Crippen LogP contribution < -0.4 is 0 Å². The molecule has 0 aromatic heterocycles. The number of carbonyl (C=O) groups is 1. The summed E-state index contributed by atoms with van der Waals surface area (Å²) in [6, 6.07) is 0. The average molecular weight is 250 g/mol. The highest BCUT2D eigenvalue weighted by atomic mass is 16.1. The highest BCUT2D eigenvalue weighted by molar-refractivity contribution is 5.53. The third-order valence-electron chi connectivity index (χ3n) is 5.57. The van der Waals surface area contributed by atoms with E-state index in [1.807, 2.05) is 0 Å². The van der Waals surface area contributed by atoms with Crippen LogP contribution in [0.5, 0.6) is 0 Å². The van der Waals surface area contributed by atoms with Crippen LogP contribution in [0.2, 0.25) is 0 Å². The van der Waals surface area contributed by atoms with Gasteiger partial charge in [-0.1, -0.05) is 39.5 Å². The van der Waals surface area contributed by atoms with Gasteiger partial charge in [-0.3, -0.25) is 0 Å². The van der Waals surface area contributed by atoms with Gasteiger partial charge >= 0.3 is 0 Å². The number of hydrogen-bond donors (Lipinski definition) is 0. The van der Waals surface area contributed by atoms with Gasteiger partial charge in [-0.05, 0) is 55.8 Å². The molecule has 0 aromatic rings. The molecule has 1 nitrogen and oxygen atoms in total. The molecule has 0 N–H and O–H groups in total. The summed E-state index contributed by atoms with van der Waals surface area (Å²) in [4.78, 5) is 10.9. The Labute approximate surface area is 113 Å². The van der Waals surface area contributed by atoms with E-state index in [4.69, 9.17) is 0 Å². The first-order valence-corrected chi connectivity index (χ1v) is 8.14. The molecule has 2 rings (SSSR count). The highest BCUT2D eigenvalue weighted by Gasteiger charge is 2.27. The second-order valence-corrected chi connectivity index (χ2v) is 7.16. The lowest BCUT2D eigenvalue weighted by Crippen LogP contribution is -2.23. The van der Waals surface area contributed by atoms with Gasteiger partial charge in [-0.25, -0.2) is 0 Å². The van der Waals surface area contributed by atoms with Crippen molar-refractivity contribution in [1.82, 2.24) is 0 Å². The number of hydrogen-bond acceptors (Lipinski definition) is 1. The van der Waals surface area contributed by atoms with Gasteiger partial charge in [0.05, 0.1) is 0 Å². The molecular formula is C17H30O. The van der Waals surface area contributed by atoms with Crippen LogP contribution in [0, 0.1) is 29.6 Å². The zero-order chi connectivity index (χ0) is 13.0. The smallest absolute Gasteiger partial charge is 0.123 e. The minimum atomic E-state index is 0.382. The molecule has 5 unspecified atom stereocenters. The first-order valence-electron chi connectivity index (χ1n) is 8.14. The van der Waals surface area contributed by atoms with Crippen molar-refractivity contribution in [1.29, 1.82) is 0 Å². The Hall–Kier alpha value is -0.330. The Balaban J connectivity index is 1.72. The van der Waals surface area contributed by atoms with E-state index in [-0.39, 0.29) is 0 Å².